The molecule has 1 rings (SSSR count). The number of aromatic nitrogens is 3. The van der Waals surface area contributed by atoms with Gasteiger partial charge in [0.1, 0.15) is 6.10 Å². The van der Waals surface area contributed by atoms with Gasteiger partial charge in [0.25, 0.3) is 0 Å². The number of Topliss-reactive ketones (excluding diaryl/α,β-unsaturated/α-hetero) is 1. The van der Waals surface area contributed by atoms with Crippen molar-refractivity contribution in [3.63, 3.8) is 0 Å². The van der Waals surface area contributed by atoms with E-state index in [1.54, 1.807) is 17.9 Å². The molecule has 0 bridgehead atoms. The van der Waals surface area contributed by atoms with Gasteiger partial charge in [0.2, 0.25) is 0 Å². The summed E-state index contributed by atoms with van der Waals surface area (Å²) < 4.78 is 1.55. The maximum Gasteiger partial charge on any atom is 0.167 e. The fourth-order valence-electron chi connectivity index (χ4n) is 1.76. The van der Waals surface area contributed by atoms with Gasteiger partial charge >= 0.3 is 0 Å². The van der Waals surface area contributed by atoms with E-state index < -0.39 is 6.10 Å². The molecular weight excluding hydrogens is 206 g/mol. The first kappa shape index (κ1) is 12.8. The largest absolute Gasteiger partial charge is 0.385 e. The van der Waals surface area contributed by atoms with E-state index in [1.165, 1.54) is 0 Å². The number of aliphatic hydroxyl groups is 1. The van der Waals surface area contributed by atoms with Crippen molar-refractivity contribution in [2.45, 2.75) is 39.2 Å². The van der Waals surface area contributed by atoms with Gasteiger partial charge in [-0.1, -0.05) is 31.9 Å². The van der Waals surface area contributed by atoms with Crippen molar-refractivity contribution in [2.75, 3.05) is 0 Å². The average Bonchev–Trinajstić information content (AvgIpc) is 2.65. The van der Waals surface area contributed by atoms with Crippen LogP contribution < -0.4 is 0 Å². The summed E-state index contributed by atoms with van der Waals surface area (Å²) in [5.41, 5.74) is 0.609. The number of aryl methyl sites for hydroxylation is 1. The molecule has 0 aromatic carbocycles. The Labute approximate surface area is 95.5 Å². The molecule has 1 aromatic heterocycles. The normalized spacial score (nSPS) is 13.1. The van der Waals surface area contributed by atoms with Crippen molar-refractivity contribution in [1.29, 1.82) is 0 Å². The Balaban J connectivity index is 2.58. The van der Waals surface area contributed by atoms with Crippen molar-refractivity contribution >= 4 is 5.78 Å². The van der Waals surface area contributed by atoms with Crippen LogP contribution in [0.1, 0.15) is 32.4 Å². The first-order chi connectivity index (χ1) is 7.58. The highest BCUT2D eigenvalue weighted by molar-refractivity contribution is 5.84. The van der Waals surface area contributed by atoms with Gasteiger partial charge < -0.3 is 5.11 Å². The molecule has 0 fully saturated rings. The Morgan fingerprint density at radius 2 is 2.12 bits per heavy atom. The maximum atomic E-state index is 11.8. The molecular formula is C11H19N3O2. The molecule has 0 spiro atoms. The lowest BCUT2D eigenvalue weighted by Crippen LogP contribution is -2.30. The minimum absolute atomic E-state index is 0.0455. The molecule has 1 aromatic rings. The highest BCUT2D eigenvalue weighted by atomic mass is 16.3. The predicted octanol–water partition coefficient (Wildman–Crippen LogP) is 0.724. The molecule has 0 saturated heterocycles. The number of rotatable bonds is 6. The van der Waals surface area contributed by atoms with Crippen LogP contribution in [0.4, 0.5) is 0 Å². The fourth-order valence-corrected chi connectivity index (χ4v) is 1.76. The SMILES string of the molecule is CCC(CC)C(O)C(=O)Cc1cn(C)nn1. The topological polar surface area (TPSA) is 68.0 Å². The zero-order valence-corrected chi connectivity index (χ0v) is 10.1. The maximum absolute atomic E-state index is 11.8. The minimum atomic E-state index is -0.878. The number of hydrogen-bond acceptors (Lipinski definition) is 4. The van der Waals surface area contributed by atoms with Crippen LogP contribution in [-0.2, 0) is 18.3 Å². The van der Waals surface area contributed by atoms with Crippen LogP contribution in [0.15, 0.2) is 6.20 Å². The van der Waals surface area contributed by atoms with Crippen LogP contribution in [0.2, 0.25) is 0 Å². The van der Waals surface area contributed by atoms with Crippen molar-refractivity contribution in [3.05, 3.63) is 11.9 Å². The third-order valence-electron chi connectivity index (χ3n) is 2.83. The van der Waals surface area contributed by atoms with Gasteiger partial charge in [-0.2, -0.15) is 0 Å². The second-order valence-corrected chi connectivity index (χ2v) is 4.05. The van der Waals surface area contributed by atoms with Crippen LogP contribution >= 0.6 is 0 Å². The molecule has 0 saturated carbocycles. The van der Waals surface area contributed by atoms with E-state index in [4.69, 9.17) is 0 Å². The van der Waals surface area contributed by atoms with Gasteiger partial charge in [0, 0.05) is 13.2 Å². The molecule has 1 N–H and O–H groups in total. The van der Waals surface area contributed by atoms with Crippen molar-refractivity contribution < 1.29 is 9.90 Å². The molecule has 0 aliphatic carbocycles. The van der Waals surface area contributed by atoms with E-state index in [-0.39, 0.29) is 18.1 Å². The van der Waals surface area contributed by atoms with E-state index in [9.17, 15) is 9.90 Å². The van der Waals surface area contributed by atoms with Crippen molar-refractivity contribution in [3.8, 4) is 0 Å². The minimum Gasteiger partial charge on any atom is -0.385 e. The van der Waals surface area contributed by atoms with E-state index in [1.807, 2.05) is 13.8 Å². The van der Waals surface area contributed by atoms with E-state index in [0.717, 1.165) is 12.8 Å². The first-order valence-corrected chi connectivity index (χ1v) is 5.64. The Bertz CT molecular complexity index is 345. The van der Waals surface area contributed by atoms with Gasteiger partial charge in [-0.25, -0.2) is 0 Å². The van der Waals surface area contributed by atoms with Gasteiger partial charge in [0.15, 0.2) is 5.78 Å². The molecule has 1 atom stereocenters. The van der Waals surface area contributed by atoms with E-state index in [2.05, 4.69) is 10.3 Å². The number of ketones is 1. The second-order valence-electron chi connectivity index (χ2n) is 4.05. The molecule has 90 valence electrons. The average molecular weight is 225 g/mol. The summed E-state index contributed by atoms with van der Waals surface area (Å²) in [6, 6.07) is 0. The van der Waals surface area contributed by atoms with Crippen LogP contribution in [0, 0.1) is 5.92 Å². The third-order valence-corrected chi connectivity index (χ3v) is 2.83. The molecule has 5 nitrogen and oxygen atoms in total. The highest BCUT2D eigenvalue weighted by Gasteiger charge is 2.23. The van der Waals surface area contributed by atoms with E-state index >= 15 is 0 Å². The number of aliphatic hydroxyl groups excluding tert-OH is 1. The summed E-state index contributed by atoms with van der Waals surface area (Å²) in [5.74, 6) is -0.127. The molecule has 0 amide bonds. The summed E-state index contributed by atoms with van der Waals surface area (Å²) >= 11 is 0. The van der Waals surface area contributed by atoms with Crippen LogP contribution in [0.25, 0.3) is 0 Å². The van der Waals surface area contributed by atoms with Gasteiger partial charge in [-0.05, 0) is 5.92 Å². The van der Waals surface area contributed by atoms with Crippen molar-refractivity contribution in [1.82, 2.24) is 15.0 Å². The number of carbonyl (C=O) groups is 1. The number of carbonyl (C=O) groups excluding carboxylic acids is 1. The molecule has 0 radical (unpaired) electrons. The van der Waals surface area contributed by atoms with Gasteiger partial charge in [0.05, 0.1) is 12.1 Å². The standard InChI is InChI=1S/C11H19N3O2/c1-4-8(5-2)11(16)10(15)6-9-7-14(3)13-12-9/h7-8,11,16H,4-6H2,1-3H3. The Kier molecular flexibility index (Phi) is 4.61. The Morgan fingerprint density at radius 3 is 2.56 bits per heavy atom. The summed E-state index contributed by atoms with van der Waals surface area (Å²) in [6.07, 6.45) is 2.59. The lowest BCUT2D eigenvalue weighted by Gasteiger charge is -2.18. The predicted molar refractivity (Wildman–Crippen MR) is 59.8 cm³/mol. The molecule has 1 heterocycles. The number of nitrogens with zero attached hydrogens (tertiary/aromatic N) is 3. The molecule has 1 unspecified atom stereocenters. The Hall–Kier alpha value is -1.23. The van der Waals surface area contributed by atoms with Crippen LogP contribution in [0.5, 0.6) is 0 Å². The summed E-state index contributed by atoms with van der Waals surface area (Å²) in [4.78, 5) is 11.8. The summed E-state index contributed by atoms with van der Waals surface area (Å²) in [6.45, 7) is 3.96. The molecule has 16 heavy (non-hydrogen) atoms. The fraction of sp³-hybridized carbons (Fsp3) is 0.727. The molecule has 5 heteroatoms. The van der Waals surface area contributed by atoms with Gasteiger partial charge in [-0.15, -0.1) is 5.10 Å². The third kappa shape index (κ3) is 3.13. The van der Waals surface area contributed by atoms with Crippen LogP contribution in [-0.4, -0.2) is 32.0 Å². The molecule has 0 aliphatic heterocycles. The lowest BCUT2D eigenvalue weighted by molar-refractivity contribution is -0.129. The monoisotopic (exact) mass is 225 g/mol. The zero-order chi connectivity index (χ0) is 12.1. The first-order valence-electron chi connectivity index (χ1n) is 5.64. The number of hydrogen-bond donors (Lipinski definition) is 1. The lowest BCUT2D eigenvalue weighted by atomic mass is 9.92. The van der Waals surface area contributed by atoms with Crippen LogP contribution in [0.3, 0.4) is 0 Å². The smallest absolute Gasteiger partial charge is 0.167 e. The summed E-state index contributed by atoms with van der Waals surface area (Å²) in [5, 5.41) is 17.4. The zero-order valence-electron chi connectivity index (χ0n) is 10.1. The quantitative estimate of drug-likeness (QED) is 0.774. The second kappa shape index (κ2) is 5.75. The van der Waals surface area contributed by atoms with Gasteiger partial charge in [-0.3, -0.25) is 9.48 Å². The highest BCUT2D eigenvalue weighted by Crippen LogP contribution is 2.15. The Morgan fingerprint density at radius 1 is 1.50 bits per heavy atom. The molecule has 0 aliphatic rings. The van der Waals surface area contributed by atoms with Crippen molar-refractivity contribution in [2.24, 2.45) is 13.0 Å². The summed E-state index contributed by atoms with van der Waals surface area (Å²) in [7, 11) is 1.75. The van der Waals surface area contributed by atoms with E-state index in [0.29, 0.717) is 5.69 Å².